The number of hydrogen-bond acceptors (Lipinski definition) is 6. The maximum atomic E-state index is 14.7. The molecular formula is C30H32FN7O. The monoisotopic (exact) mass is 525 g/mol. The topological polar surface area (TPSA) is 94.8 Å². The number of pyridine rings is 2. The molecule has 200 valence electrons. The molecule has 2 aliphatic heterocycles. The van der Waals surface area contributed by atoms with Crippen molar-refractivity contribution in [1.82, 2.24) is 35.4 Å². The molecule has 0 unspecified atom stereocenters. The second kappa shape index (κ2) is 10.4. The highest BCUT2D eigenvalue weighted by Crippen LogP contribution is 2.35. The summed E-state index contributed by atoms with van der Waals surface area (Å²) in [5, 5.41) is 13.1. The van der Waals surface area contributed by atoms with E-state index in [1.54, 1.807) is 12.3 Å². The highest BCUT2D eigenvalue weighted by molar-refractivity contribution is 5.99. The third-order valence-electron chi connectivity index (χ3n) is 8.07. The summed E-state index contributed by atoms with van der Waals surface area (Å²) in [6.45, 7) is 5.67. The van der Waals surface area contributed by atoms with Gasteiger partial charge in [0.2, 0.25) is 0 Å². The Bertz CT molecular complexity index is 1610. The van der Waals surface area contributed by atoms with Gasteiger partial charge in [-0.3, -0.25) is 15.0 Å². The molecule has 0 amide bonds. The zero-order valence-electron chi connectivity index (χ0n) is 21.8. The van der Waals surface area contributed by atoms with Gasteiger partial charge in [-0.25, -0.2) is 9.37 Å². The lowest BCUT2D eigenvalue weighted by Gasteiger charge is -2.22. The van der Waals surface area contributed by atoms with Crippen LogP contribution in [0, 0.1) is 5.82 Å². The summed E-state index contributed by atoms with van der Waals surface area (Å²) in [4.78, 5) is 15.1. The number of nitrogens with zero attached hydrogens (tertiary/aromatic N) is 4. The first-order valence-electron chi connectivity index (χ1n) is 13.9. The Kier molecular flexibility index (Phi) is 6.46. The number of likely N-dealkylation sites (tertiary alicyclic amines) is 1. The summed E-state index contributed by atoms with van der Waals surface area (Å²) in [5.74, 6) is 0.677. The predicted octanol–water partition coefficient (Wildman–Crippen LogP) is 5.25. The van der Waals surface area contributed by atoms with E-state index >= 15 is 0 Å². The van der Waals surface area contributed by atoms with E-state index < -0.39 is 0 Å². The van der Waals surface area contributed by atoms with Crippen LogP contribution in [0.3, 0.4) is 0 Å². The minimum Gasteiger partial charge on any atom is -0.492 e. The third-order valence-corrected chi connectivity index (χ3v) is 8.07. The first-order chi connectivity index (χ1) is 19.2. The van der Waals surface area contributed by atoms with Gasteiger partial charge in [0.25, 0.3) is 0 Å². The van der Waals surface area contributed by atoms with Gasteiger partial charge in [0.1, 0.15) is 29.5 Å². The first-order valence-corrected chi connectivity index (χ1v) is 13.9. The van der Waals surface area contributed by atoms with Gasteiger partial charge in [-0.15, -0.1) is 0 Å². The van der Waals surface area contributed by atoms with Gasteiger partial charge in [0.05, 0.1) is 17.4 Å². The van der Waals surface area contributed by atoms with Crippen LogP contribution in [-0.4, -0.2) is 69.4 Å². The average molecular weight is 526 g/mol. The molecule has 39 heavy (non-hydrogen) atoms. The van der Waals surface area contributed by atoms with Gasteiger partial charge in [0.15, 0.2) is 0 Å². The molecule has 2 saturated heterocycles. The maximum absolute atomic E-state index is 14.7. The summed E-state index contributed by atoms with van der Waals surface area (Å²) in [6.07, 6.45) is 8.29. The van der Waals surface area contributed by atoms with Crippen molar-refractivity contribution in [3.63, 3.8) is 0 Å². The number of H-pyrrole nitrogens is 2. The van der Waals surface area contributed by atoms with Gasteiger partial charge in [-0.2, -0.15) is 5.10 Å². The fraction of sp³-hybridized carbons (Fsp3) is 0.367. The van der Waals surface area contributed by atoms with Crippen molar-refractivity contribution in [1.29, 1.82) is 0 Å². The number of piperidine rings is 1. The van der Waals surface area contributed by atoms with E-state index in [2.05, 4.69) is 42.5 Å². The van der Waals surface area contributed by atoms with Crippen LogP contribution < -0.4 is 10.1 Å². The standard InChI is InChI=1S/C30H32FN7O/c31-21-13-20(14-22(15-21)39-12-11-38-9-1-2-10-38)23-5-8-33-30-24(23)16-27(35-30)29-25-17-26(19-3-6-32-7-4-19)34-18-28(25)36-37-29/h5,8,13-19,32H,1-4,6-7,9-12H2,(H,33,35)(H,36,37). The van der Waals surface area contributed by atoms with Crippen molar-refractivity contribution in [2.75, 3.05) is 39.3 Å². The fourth-order valence-electron chi connectivity index (χ4n) is 5.99. The van der Waals surface area contributed by atoms with E-state index in [-0.39, 0.29) is 5.82 Å². The molecule has 2 aliphatic rings. The minimum absolute atomic E-state index is 0.319. The van der Waals surface area contributed by atoms with Crippen LogP contribution in [0.5, 0.6) is 5.75 Å². The molecule has 4 aromatic heterocycles. The molecule has 2 fully saturated rings. The molecule has 3 N–H and O–H groups in total. The molecular weight excluding hydrogens is 493 g/mol. The lowest BCUT2D eigenvalue weighted by atomic mass is 9.93. The Balaban J connectivity index is 1.20. The van der Waals surface area contributed by atoms with Gasteiger partial charge >= 0.3 is 0 Å². The zero-order chi connectivity index (χ0) is 26.2. The van der Waals surface area contributed by atoms with Crippen LogP contribution in [0.1, 0.15) is 37.3 Å². The highest BCUT2D eigenvalue weighted by atomic mass is 19.1. The molecule has 7 rings (SSSR count). The molecule has 5 aromatic rings. The van der Waals surface area contributed by atoms with Gasteiger partial charge in [-0.1, -0.05) is 0 Å². The van der Waals surface area contributed by atoms with Crippen LogP contribution in [0.4, 0.5) is 4.39 Å². The number of ether oxygens (including phenoxy) is 1. The number of aromatic amines is 2. The van der Waals surface area contributed by atoms with Gasteiger partial charge < -0.3 is 15.0 Å². The number of fused-ring (bicyclic) bond motifs is 2. The predicted molar refractivity (Wildman–Crippen MR) is 150 cm³/mol. The van der Waals surface area contributed by atoms with Crippen LogP contribution >= 0.6 is 0 Å². The van der Waals surface area contributed by atoms with Crippen molar-refractivity contribution in [3.8, 4) is 28.3 Å². The summed E-state index contributed by atoms with van der Waals surface area (Å²) < 4.78 is 20.7. The SMILES string of the molecule is Fc1cc(OCCN2CCCC2)cc(-c2ccnc3[nH]c(-c4n[nH]c5cnc(C6CCNCC6)cc45)cc23)c1. The van der Waals surface area contributed by atoms with Crippen molar-refractivity contribution in [2.24, 2.45) is 0 Å². The molecule has 0 bridgehead atoms. The molecule has 1 aromatic carbocycles. The number of hydrogen-bond donors (Lipinski definition) is 3. The number of rotatable bonds is 7. The van der Waals surface area contributed by atoms with E-state index in [9.17, 15) is 4.39 Å². The van der Waals surface area contributed by atoms with E-state index in [4.69, 9.17) is 9.72 Å². The zero-order valence-corrected chi connectivity index (χ0v) is 21.8. The number of halogens is 1. The fourth-order valence-corrected chi connectivity index (χ4v) is 5.99. The quantitative estimate of drug-likeness (QED) is 0.269. The van der Waals surface area contributed by atoms with E-state index in [0.717, 1.165) is 95.7 Å². The Hall–Kier alpha value is -3.82. The second-order valence-electron chi connectivity index (χ2n) is 10.6. The number of aromatic nitrogens is 5. The van der Waals surface area contributed by atoms with Crippen LogP contribution in [-0.2, 0) is 0 Å². The number of nitrogens with one attached hydrogen (secondary N) is 3. The third kappa shape index (κ3) is 4.88. The van der Waals surface area contributed by atoms with E-state index in [1.165, 1.54) is 18.9 Å². The molecule has 8 nitrogen and oxygen atoms in total. The van der Waals surface area contributed by atoms with Gasteiger partial charge in [0, 0.05) is 41.2 Å². The highest BCUT2D eigenvalue weighted by Gasteiger charge is 2.20. The van der Waals surface area contributed by atoms with Crippen LogP contribution in [0.15, 0.2) is 48.8 Å². The molecule has 0 aliphatic carbocycles. The summed E-state index contributed by atoms with van der Waals surface area (Å²) in [7, 11) is 0. The van der Waals surface area contributed by atoms with E-state index in [1.807, 2.05) is 18.3 Å². The second-order valence-corrected chi connectivity index (χ2v) is 10.6. The Morgan fingerprint density at radius 1 is 1.00 bits per heavy atom. The smallest absolute Gasteiger partial charge is 0.138 e. The normalized spacial score (nSPS) is 16.9. The van der Waals surface area contributed by atoms with Crippen molar-refractivity contribution in [2.45, 2.75) is 31.6 Å². The lowest BCUT2D eigenvalue weighted by molar-refractivity contribution is 0.237. The minimum atomic E-state index is -0.319. The lowest BCUT2D eigenvalue weighted by Crippen LogP contribution is -2.27. The molecule has 0 spiro atoms. The van der Waals surface area contributed by atoms with Crippen molar-refractivity contribution < 1.29 is 9.13 Å². The summed E-state index contributed by atoms with van der Waals surface area (Å²) in [5.41, 5.74) is 6.08. The van der Waals surface area contributed by atoms with Crippen LogP contribution in [0.2, 0.25) is 0 Å². The molecule has 0 atom stereocenters. The Morgan fingerprint density at radius 3 is 2.74 bits per heavy atom. The van der Waals surface area contributed by atoms with Gasteiger partial charge in [-0.05, 0) is 93.3 Å². The summed E-state index contributed by atoms with van der Waals surface area (Å²) in [6, 6.07) is 11.1. The molecule has 0 radical (unpaired) electrons. The maximum Gasteiger partial charge on any atom is 0.138 e. The largest absolute Gasteiger partial charge is 0.492 e. The summed E-state index contributed by atoms with van der Waals surface area (Å²) >= 11 is 0. The molecule has 0 saturated carbocycles. The number of benzene rings is 1. The van der Waals surface area contributed by atoms with Crippen LogP contribution in [0.25, 0.3) is 44.5 Å². The molecule has 6 heterocycles. The Labute approximate surface area is 226 Å². The van der Waals surface area contributed by atoms with Crippen molar-refractivity contribution in [3.05, 3.63) is 60.3 Å². The van der Waals surface area contributed by atoms with Crippen molar-refractivity contribution >= 4 is 21.9 Å². The Morgan fingerprint density at radius 2 is 1.87 bits per heavy atom. The molecule has 9 heteroatoms. The first kappa shape index (κ1) is 24.2. The van der Waals surface area contributed by atoms with E-state index in [0.29, 0.717) is 18.3 Å². The average Bonchev–Trinajstić information content (AvgIpc) is 3.72.